The lowest BCUT2D eigenvalue weighted by Crippen LogP contribution is -2.28. The number of hydrogen-bond acceptors (Lipinski definition) is 4. The zero-order chi connectivity index (χ0) is 13.9. The van der Waals surface area contributed by atoms with Crippen molar-refractivity contribution in [3.8, 4) is 5.75 Å². The van der Waals surface area contributed by atoms with E-state index >= 15 is 0 Å². The van der Waals surface area contributed by atoms with Gasteiger partial charge in [-0.3, -0.25) is 0 Å². The Hall–Kier alpha value is -1.07. The molecule has 0 heterocycles. The summed E-state index contributed by atoms with van der Waals surface area (Å²) in [6, 6.07) is 8.25. The number of rotatable bonds is 7. The van der Waals surface area contributed by atoms with Gasteiger partial charge < -0.3 is 10.1 Å². The van der Waals surface area contributed by atoms with Crippen molar-refractivity contribution in [2.75, 3.05) is 25.7 Å². The summed E-state index contributed by atoms with van der Waals surface area (Å²) in [6.45, 7) is 0.506. The molecule has 5 heteroatoms. The standard InChI is InChI=1S/C14H21NO3S/c1-18-13-7-5-12(6-8-13)14(11-3-4-11)15-9-10-19(2,16)17/h5-8,11,14-15H,3-4,9-10H2,1-2H3. The van der Waals surface area contributed by atoms with E-state index < -0.39 is 9.84 Å². The molecule has 1 N–H and O–H groups in total. The Labute approximate surface area is 115 Å². The average Bonchev–Trinajstić information content (AvgIpc) is 3.18. The Kier molecular flexibility index (Phi) is 4.47. The summed E-state index contributed by atoms with van der Waals surface area (Å²) in [5.41, 5.74) is 1.21. The fraction of sp³-hybridized carbons (Fsp3) is 0.571. The number of ether oxygens (including phenoxy) is 1. The Morgan fingerprint density at radius 2 is 1.95 bits per heavy atom. The summed E-state index contributed by atoms with van der Waals surface area (Å²) in [4.78, 5) is 0. The zero-order valence-corrected chi connectivity index (χ0v) is 12.2. The number of nitrogens with one attached hydrogen (secondary N) is 1. The Bertz CT molecular complexity index is 506. The van der Waals surface area contributed by atoms with Crippen molar-refractivity contribution in [3.63, 3.8) is 0 Å². The third-order valence-electron chi connectivity index (χ3n) is 3.41. The van der Waals surface area contributed by atoms with Crippen molar-refractivity contribution in [2.45, 2.75) is 18.9 Å². The fourth-order valence-corrected chi connectivity index (χ4v) is 2.69. The Morgan fingerprint density at radius 3 is 2.42 bits per heavy atom. The van der Waals surface area contributed by atoms with Crippen LogP contribution < -0.4 is 10.1 Å². The van der Waals surface area contributed by atoms with Crippen LogP contribution in [0.15, 0.2) is 24.3 Å². The van der Waals surface area contributed by atoms with Crippen molar-refractivity contribution < 1.29 is 13.2 Å². The van der Waals surface area contributed by atoms with Crippen LogP contribution in [0.1, 0.15) is 24.4 Å². The van der Waals surface area contributed by atoms with Crippen molar-refractivity contribution >= 4 is 9.84 Å². The molecule has 1 atom stereocenters. The predicted molar refractivity (Wildman–Crippen MR) is 76.2 cm³/mol. The summed E-state index contributed by atoms with van der Waals surface area (Å²) < 4.78 is 27.5. The molecule has 0 bridgehead atoms. The first-order valence-corrected chi connectivity index (χ1v) is 8.61. The van der Waals surface area contributed by atoms with E-state index in [0.717, 1.165) is 5.75 Å². The molecule has 1 aromatic rings. The van der Waals surface area contributed by atoms with Crippen LogP contribution >= 0.6 is 0 Å². The van der Waals surface area contributed by atoms with Crippen molar-refractivity contribution in [1.82, 2.24) is 5.32 Å². The van der Waals surface area contributed by atoms with Crippen LogP contribution in [0.4, 0.5) is 0 Å². The minimum atomic E-state index is -2.90. The lowest BCUT2D eigenvalue weighted by molar-refractivity contribution is 0.414. The second kappa shape index (κ2) is 5.92. The van der Waals surface area contributed by atoms with Gasteiger partial charge in [-0.2, -0.15) is 0 Å². The van der Waals surface area contributed by atoms with Gasteiger partial charge in [0.2, 0.25) is 0 Å². The maximum absolute atomic E-state index is 11.2. The van der Waals surface area contributed by atoms with Crippen LogP contribution in [-0.4, -0.2) is 34.1 Å². The lowest BCUT2D eigenvalue weighted by Gasteiger charge is -2.19. The molecule has 2 rings (SSSR count). The van der Waals surface area contributed by atoms with Gasteiger partial charge in [0, 0.05) is 18.8 Å². The van der Waals surface area contributed by atoms with E-state index in [4.69, 9.17) is 4.74 Å². The predicted octanol–water partition coefficient (Wildman–Crippen LogP) is 1.78. The topological polar surface area (TPSA) is 55.4 Å². The van der Waals surface area contributed by atoms with Gasteiger partial charge in [-0.1, -0.05) is 12.1 Å². The molecule has 1 aliphatic carbocycles. The van der Waals surface area contributed by atoms with E-state index in [1.54, 1.807) is 7.11 Å². The molecule has 106 valence electrons. The molecule has 1 aromatic carbocycles. The molecule has 1 saturated carbocycles. The van der Waals surface area contributed by atoms with Gasteiger partial charge in [-0.15, -0.1) is 0 Å². The fourth-order valence-electron chi connectivity index (χ4n) is 2.20. The largest absolute Gasteiger partial charge is 0.497 e. The van der Waals surface area contributed by atoms with Gasteiger partial charge in [0.05, 0.1) is 12.9 Å². The normalized spacial score (nSPS) is 17.2. The molecule has 0 amide bonds. The van der Waals surface area contributed by atoms with E-state index in [-0.39, 0.29) is 11.8 Å². The third kappa shape index (κ3) is 4.51. The van der Waals surface area contributed by atoms with Gasteiger partial charge in [0.25, 0.3) is 0 Å². The highest BCUT2D eigenvalue weighted by Crippen LogP contribution is 2.41. The molecule has 0 aliphatic heterocycles. The smallest absolute Gasteiger partial charge is 0.148 e. The number of methoxy groups -OCH3 is 1. The van der Waals surface area contributed by atoms with Gasteiger partial charge in [0.1, 0.15) is 15.6 Å². The summed E-state index contributed by atoms with van der Waals surface area (Å²) in [5, 5.41) is 3.37. The number of sulfone groups is 1. The Morgan fingerprint density at radius 1 is 1.32 bits per heavy atom. The SMILES string of the molecule is COc1ccc(C(NCCS(C)(=O)=O)C2CC2)cc1. The Balaban J connectivity index is 1.99. The van der Waals surface area contributed by atoms with Crippen molar-refractivity contribution in [2.24, 2.45) is 5.92 Å². The van der Waals surface area contributed by atoms with E-state index in [2.05, 4.69) is 17.4 Å². The maximum Gasteiger partial charge on any atom is 0.148 e. The first-order chi connectivity index (χ1) is 8.99. The maximum atomic E-state index is 11.2. The van der Waals surface area contributed by atoms with Crippen LogP contribution in [0.5, 0.6) is 5.75 Å². The van der Waals surface area contributed by atoms with Crippen LogP contribution in [0.25, 0.3) is 0 Å². The monoisotopic (exact) mass is 283 g/mol. The van der Waals surface area contributed by atoms with E-state index in [0.29, 0.717) is 12.5 Å². The lowest BCUT2D eigenvalue weighted by atomic mass is 10.0. The number of benzene rings is 1. The highest BCUT2D eigenvalue weighted by atomic mass is 32.2. The van der Waals surface area contributed by atoms with Crippen LogP contribution in [0, 0.1) is 5.92 Å². The van der Waals surface area contributed by atoms with Gasteiger partial charge in [-0.25, -0.2) is 8.42 Å². The van der Waals surface area contributed by atoms with Gasteiger partial charge >= 0.3 is 0 Å². The molecule has 1 unspecified atom stereocenters. The average molecular weight is 283 g/mol. The van der Waals surface area contributed by atoms with Crippen LogP contribution in [-0.2, 0) is 9.84 Å². The van der Waals surface area contributed by atoms with Gasteiger partial charge in [0.15, 0.2) is 0 Å². The minimum Gasteiger partial charge on any atom is -0.497 e. The summed E-state index contributed by atoms with van der Waals surface area (Å²) in [5.74, 6) is 1.66. The number of hydrogen-bond donors (Lipinski definition) is 1. The zero-order valence-electron chi connectivity index (χ0n) is 11.4. The van der Waals surface area contributed by atoms with E-state index in [1.165, 1.54) is 24.7 Å². The minimum absolute atomic E-state index is 0.187. The van der Waals surface area contributed by atoms with Crippen molar-refractivity contribution in [3.05, 3.63) is 29.8 Å². The second-order valence-electron chi connectivity index (χ2n) is 5.17. The molecule has 1 fully saturated rings. The molecule has 0 spiro atoms. The molecule has 19 heavy (non-hydrogen) atoms. The third-order valence-corrected chi connectivity index (χ3v) is 4.35. The molecule has 0 radical (unpaired) electrons. The second-order valence-corrected chi connectivity index (χ2v) is 7.43. The molecule has 4 nitrogen and oxygen atoms in total. The summed E-state index contributed by atoms with van der Waals surface area (Å²) in [7, 11) is -1.25. The van der Waals surface area contributed by atoms with E-state index in [9.17, 15) is 8.42 Å². The molecular weight excluding hydrogens is 262 g/mol. The highest BCUT2D eigenvalue weighted by Gasteiger charge is 2.31. The van der Waals surface area contributed by atoms with Crippen molar-refractivity contribution in [1.29, 1.82) is 0 Å². The molecular formula is C14H21NO3S. The van der Waals surface area contributed by atoms with E-state index in [1.807, 2.05) is 12.1 Å². The van der Waals surface area contributed by atoms with Crippen LogP contribution in [0.3, 0.4) is 0 Å². The molecule has 0 saturated heterocycles. The quantitative estimate of drug-likeness (QED) is 0.829. The first-order valence-electron chi connectivity index (χ1n) is 6.54. The van der Waals surface area contributed by atoms with Gasteiger partial charge in [-0.05, 0) is 36.5 Å². The first kappa shape index (κ1) is 14.3. The summed E-state index contributed by atoms with van der Waals surface area (Å²) in [6.07, 6.45) is 3.69. The molecule has 1 aliphatic rings. The van der Waals surface area contributed by atoms with Crippen LogP contribution in [0.2, 0.25) is 0 Å². The summed E-state index contributed by atoms with van der Waals surface area (Å²) >= 11 is 0. The molecule has 0 aromatic heterocycles. The highest BCUT2D eigenvalue weighted by molar-refractivity contribution is 7.90.